The van der Waals surface area contributed by atoms with Gasteiger partial charge in [0, 0.05) is 38.2 Å². The molecule has 2 rings (SSSR count). The first-order valence-electron chi connectivity index (χ1n) is 7.85. The normalized spacial score (nSPS) is 15.5. The smallest absolute Gasteiger partial charge is 0.248 e. The maximum absolute atomic E-state index is 12.3. The summed E-state index contributed by atoms with van der Waals surface area (Å²) in [5.74, 6) is 0.117. The average Bonchev–Trinajstić information content (AvgIpc) is 2.92. The lowest BCUT2D eigenvalue weighted by molar-refractivity contribution is -0.137. The maximum atomic E-state index is 12.3. The van der Waals surface area contributed by atoms with Crippen LogP contribution in [0.25, 0.3) is 0 Å². The number of ether oxygens (including phenoxy) is 2. The molecule has 7 heteroatoms. The first kappa shape index (κ1) is 17.9. The predicted octanol–water partition coefficient (Wildman–Crippen LogP) is 1.01. The molecule has 0 unspecified atom stereocenters. The van der Waals surface area contributed by atoms with Gasteiger partial charge in [-0.2, -0.15) is 0 Å². The van der Waals surface area contributed by atoms with Gasteiger partial charge in [-0.25, -0.2) is 0 Å². The molecule has 1 aliphatic rings. The van der Waals surface area contributed by atoms with E-state index in [1.807, 2.05) is 22.4 Å². The van der Waals surface area contributed by atoms with Crippen molar-refractivity contribution in [3.05, 3.63) is 22.4 Å². The average molecular weight is 340 g/mol. The molecule has 0 bridgehead atoms. The summed E-state index contributed by atoms with van der Waals surface area (Å²) in [7, 11) is 1.60. The van der Waals surface area contributed by atoms with Crippen LogP contribution >= 0.6 is 11.3 Å². The number of hydrogen-bond acceptors (Lipinski definition) is 5. The quantitative estimate of drug-likeness (QED) is 0.695. The first-order valence-corrected chi connectivity index (χ1v) is 8.73. The summed E-state index contributed by atoms with van der Waals surface area (Å²) >= 11 is 1.60. The van der Waals surface area contributed by atoms with E-state index < -0.39 is 0 Å². The molecule has 0 spiro atoms. The van der Waals surface area contributed by atoms with Crippen molar-refractivity contribution in [1.82, 2.24) is 9.80 Å². The molecule has 23 heavy (non-hydrogen) atoms. The molecule has 6 nitrogen and oxygen atoms in total. The van der Waals surface area contributed by atoms with Crippen LogP contribution in [0.4, 0.5) is 0 Å². The van der Waals surface area contributed by atoms with Crippen molar-refractivity contribution in [3.8, 4) is 0 Å². The lowest BCUT2D eigenvalue weighted by Gasteiger charge is -2.22. The summed E-state index contributed by atoms with van der Waals surface area (Å²) in [6, 6.07) is 3.94. The van der Waals surface area contributed by atoms with Crippen LogP contribution in [0, 0.1) is 0 Å². The Morgan fingerprint density at radius 1 is 1.13 bits per heavy atom. The monoisotopic (exact) mass is 340 g/mol. The lowest BCUT2D eigenvalue weighted by Crippen LogP contribution is -2.39. The van der Waals surface area contributed by atoms with E-state index in [9.17, 15) is 9.59 Å². The number of hydrogen-bond donors (Lipinski definition) is 0. The highest BCUT2D eigenvalue weighted by Crippen LogP contribution is 2.12. The van der Waals surface area contributed by atoms with Crippen LogP contribution in [0.2, 0.25) is 0 Å². The van der Waals surface area contributed by atoms with Gasteiger partial charge in [-0.3, -0.25) is 9.59 Å². The second kappa shape index (κ2) is 9.64. The zero-order chi connectivity index (χ0) is 16.5. The molecular weight excluding hydrogens is 316 g/mol. The number of amides is 2. The van der Waals surface area contributed by atoms with Crippen LogP contribution in [0.1, 0.15) is 11.3 Å². The Hall–Kier alpha value is -1.44. The molecule has 1 aliphatic heterocycles. The molecule has 128 valence electrons. The summed E-state index contributed by atoms with van der Waals surface area (Å²) in [6.07, 6.45) is 1.26. The van der Waals surface area contributed by atoms with Crippen molar-refractivity contribution in [2.24, 2.45) is 0 Å². The molecular formula is C16H24N2O4S. The zero-order valence-corrected chi connectivity index (χ0v) is 14.3. The Labute approximate surface area is 141 Å². The van der Waals surface area contributed by atoms with Gasteiger partial charge in [-0.05, 0) is 17.9 Å². The van der Waals surface area contributed by atoms with Gasteiger partial charge in [-0.1, -0.05) is 6.07 Å². The number of carbonyl (C=O) groups is 2. The topological polar surface area (TPSA) is 59.1 Å². The fraction of sp³-hybridized carbons (Fsp3) is 0.625. The van der Waals surface area contributed by atoms with Crippen molar-refractivity contribution in [2.75, 3.05) is 53.1 Å². The minimum Gasteiger partial charge on any atom is -0.382 e. The van der Waals surface area contributed by atoms with Crippen LogP contribution in [0.5, 0.6) is 0 Å². The summed E-state index contributed by atoms with van der Waals surface area (Å²) in [6.45, 7) is 3.52. The molecule has 2 heterocycles. The summed E-state index contributed by atoms with van der Waals surface area (Å²) in [5.41, 5.74) is 0. The minimum absolute atomic E-state index is 0.0198. The van der Waals surface area contributed by atoms with Gasteiger partial charge in [0.25, 0.3) is 0 Å². The molecule has 0 radical (unpaired) electrons. The first-order chi connectivity index (χ1) is 11.2. The highest BCUT2D eigenvalue weighted by Gasteiger charge is 2.22. The van der Waals surface area contributed by atoms with Gasteiger partial charge in [0.15, 0.2) is 0 Å². The van der Waals surface area contributed by atoms with Crippen LogP contribution in [-0.2, 0) is 25.5 Å². The molecule has 1 aromatic heterocycles. The van der Waals surface area contributed by atoms with E-state index in [4.69, 9.17) is 9.47 Å². The van der Waals surface area contributed by atoms with Crippen LogP contribution in [0.15, 0.2) is 17.5 Å². The predicted molar refractivity (Wildman–Crippen MR) is 88.5 cm³/mol. The molecule has 1 fully saturated rings. The summed E-state index contributed by atoms with van der Waals surface area (Å²) in [4.78, 5) is 29.2. The highest BCUT2D eigenvalue weighted by atomic mass is 32.1. The van der Waals surface area contributed by atoms with Gasteiger partial charge in [0.2, 0.25) is 11.8 Å². The number of methoxy groups -OCH3 is 1. The van der Waals surface area contributed by atoms with Crippen molar-refractivity contribution in [1.29, 1.82) is 0 Å². The lowest BCUT2D eigenvalue weighted by atomic mass is 10.3. The highest BCUT2D eigenvalue weighted by molar-refractivity contribution is 7.10. The largest absolute Gasteiger partial charge is 0.382 e. The fourth-order valence-electron chi connectivity index (χ4n) is 2.48. The number of nitrogens with zero attached hydrogens (tertiary/aromatic N) is 2. The van der Waals surface area contributed by atoms with Crippen LogP contribution in [-0.4, -0.2) is 74.7 Å². The molecule has 0 atom stereocenters. The number of carbonyl (C=O) groups excluding carboxylic acids is 2. The third-order valence-corrected chi connectivity index (χ3v) is 4.64. The SMILES string of the molecule is COCCOCC(=O)N1CCCN(C(=O)Cc2cccs2)CC1. The Kier molecular flexibility index (Phi) is 7.51. The zero-order valence-electron chi connectivity index (χ0n) is 13.5. The van der Waals surface area contributed by atoms with E-state index in [1.54, 1.807) is 23.3 Å². The van der Waals surface area contributed by atoms with E-state index in [0.29, 0.717) is 45.8 Å². The Balaban J connectivity index is 1.75. The standard InChI is InChI=1S/C16H24N2O4S/c1-21-9-10-22-13-16(20)18-6-3-5-17(7-8-18)15(19)12-14-4-2-11-23-14/h2,4,11H,3,5-10,12-13H2,1H3. The molecule has 0 aliphatic carbocycles. The van der Waals surface area contributed by atoms with E-state index >= 15 is 0 Å². The summed E-state index contributed by atoms with van der Waals surface area (Å²) < 4.78 is 10.2. The van der Waals surface area contributed by atoms with E-state index in [2.05, 4.69) is 0 Å². The van der Waals surface area contributed by atoms with Gasteiger partial charge >= 0.3 is 0 Å². The Morgan fingerprint density at radius 3 is 2.52 bits per heavy atom. The maximum Gasteiger partial charge on any atom is 0.248 e. The van der Waals surface area contributed by atoms with Gasteiger partial charge in [0.1, 0.15) is 6.61 Å². The van der Waals surface area contributed by atoms with E-state index in [1.165, 1.54) is 0 Å². The third-order valence-electron chi connectivity index (χ3n) is 3.76. The second-order valence-electron chi connectivity index (χ2n) is 5.42. The molecule has 0 N–H and O–H groups in total. The van der Waals surface area contributed by atoms with Crippen molar-refractivity contribution >= 4 is 23.2 Å². The van der Waals surface area contributed by atoms with Crippen molar-refractivity contribution in [3.63, 3.8) is 0 Å². The van der Waals surface area contributed by atoms with Crippen molar-refractivity contribution < 1.29 is 19.1 Å². The van der Waals surface area contributed by atoms with Gasteiger partial charge in [0.05, 0.1) is 19.6 Å². The Morgan fingerprint density at radius 2 is 1.87 bits per heavy atom. The number of rotatable bonds is 7. The van der Waals surface area contributed by atoms with Crippen LogP contribution in [0.3, 0.4) is 0 Å². The van der Waals surface area contributed by atoms with Crippen molar-refractivity contribution in [2.45, 2.75) is 12.8 Å². The molecule has 1 aromatic rings. The Bertz CT molecular complexity index is 492. The number of thiophene rings is 1. The van der Waals surface area contributed by atoms with E-state index in [-0.39, 0.29) is 18.4 Å². The molecule has 0 saturated carbocycles. The molecule has 0 aromatic carbocycles. The minimum atomic E-state index is -0.0198. The van der Waals surface area contributed by atoms with E-state index in [0.717, 1.165) is 11.3 Å². The molecule has 1 saturated heterocycles. The van der Waals surface area contributed by atoms with Gasteiger partial charge in [-0.15, -0.1) is 11.3 Å². The van der Waals surface area contributed by atoms with Crippen LogP contribution < -0.4 is 0 Å². The fourth-order valence-corrected chi connectivity index (χ4v) is 3.18. The second-order valence-corrected chi connectivity index (χ2v) is 6.45. The van der Waals surface area contributed by atoms with Gasteiger partial charge < -0.3 is 19.3 Å². The summed E-state index contributed by atoms with van der Waals surface area (Å²) in [5, 5.41) is 1.98. The third kappa shape index (κ3) is 5.93. The molecule has 2 amide bonds.